The van der Waals surface area contributed by atoms with Crippen LogP contribution in [0.15, 0.2) is 36.0 Å². The van der Waals surface area contributed by atoms with Gasteiger partial charge < -0.3 is 15.4 Å². The number of nitriles is 1. The molecule has 0 aliphatic heterocycles. The van der Waals surface area contributed by atoms with Gasteiger partial charge in [0.25, 0.3) is 5.91 Å². The molecule has 0 fully saturated rings. The lowest BCUT2D eigenvalue weighted by atomic mass is 10.2. The highest BCUT2D eigenvalue weighted by molar-refractivity contribution is 5.97. The molecule has 1 aromatic rings. The van der Waals surface area contributed by atoms with Crippen molar-refractivity contribution < 1.29 is 9.53 Å². The van der Waals surface area contributed by atoms with Gasteiger partial charge in [-0.05, 0) is 23.6 Å². The third kappa shape index (κ3) is 6.00. The van der Waals surface area contributed by atoms with Crippen molar-refractivity contribution in [1.29, 1.82) is 5.26 Å². The second-order valence-electron chi connectivity index (χ2n) is 5.00. The Kier molecular flexibility index (Phi) is 6.82. The highest BCUT2D eigenvalue weighted by atomic mass is 16.5. The first-order valence-electron chi connectivity index (χ1n) is 6.81. The van der Waals surface area contributed by atoms with Gasteiger partial charge in [0.15, 0.2) is 0 Å². The molecule has 0 aliphatic rings. The number of carbonyl (C=O) groups is 1. The van der Waals surface area contributed by atoms with Crippen LogP contribution in [-0.4, -0.2) is 19.6 Å². The minimum Gasteiger partial charge on any atom is -0.497 e. The largest absolute Gasteiger partial charge is 0.497 e. The number of nitrogens with one attached hydrogen (secondary N) is 2. The molecule has 0 saturated carbocycles. The predicted octanol–water partition coefficient (Wildman–Crippen LogP) is 1.96. The van der Waals surface area contributed by atoms with Crippen molar-refractivity contribution >= 4 is 5.91 Å². The number of hydrogen-bond acceptors (Lipinski definition) is 4. The Morgan fingerprint density at radius 1 is 1.38 bits per heavy atom. The van der Waals surface area contributed by atoms with Gasteiger partial charge in [0.2, 0.25) is 0 Å². The standard InChI is InChI=1S/C16H21N3O2/c1-12(2)9-18-11-14(8-17)16(20)19-10-13-4-6-15(21-3)7-5-13/h4-7,11-12,18H,9-10H2,1-3H3,(H,19,20)/b14-11-. The van der Waals surface area contributed by atoms with Crippen LogP contribution in [0.5, 0.6) is 5.75 Å². The molecule has 0 bridgehead atoms. The van der Waals surface area contributed by atoms with Gasteiger partial charge in [-0.25, -0.2) is 0 Å². The highest BCUT2D eigenvalue weighted by Gasteiger charge is 2.08. The summed E-state index contributed by atoms with van der Waals surface area (Å²) in [6.07, 6.45) is 1.46. The van der Waals surface area contributed by atoms with Gasteiger partial charge >= 0.3 is 0 Å². The van der Waals surface area contributed by atoms with E-state index in [0.717, 1.165) is 17.9 Å². The van der Waals surface area contributed by atoms with E-state index < -0.39 is 0 Å². The molecule has 0 atom stereocenters. The first-order valence-corrected chi connectivity index (χ1v) is 6.81. The smallest absolute Gasteiger partial charge is 0.263 e. The summed E-state index contributed by atoms with van der Waals surface area (Å²) in [6.45, 7) is 5.19. The van der Waals surface area contributed by atoms with Crippen LogP contribution >= 0.6 is 0 Å². The Labute approximate surface area is 125 Å². The molecule has 21 heavy (non-hydrogen) atoms. The maximum absolute atomic E-state index is 11.9. The molecule has 0 saturated heterocycles. The summed E-state index contributed by atoms with van der Waals surface area (Å²) < 4.78 is 5.07. The lowest BCUT2D eigenvalue weighted by Gasteiger charge is -2.07. The monoisotopic (exact) mass is 287 g/mol. The number of hydrogen-bond donors (Lipinski definition) is 2. The average molecular weight is 287 g/mol. The van der Waals surface area contributed by atoms with E-state index in [-0.39, 0.29) is 11.5 Å². The molecular weight excluding hydrogens is 266 g/mol. The molecule has 0 unspecified atom stereocenters. The second kappa shape index (κ2) is 8.64. The van der Waals surface area contributed by atoms with E-state index in [0.29, 0.717) is 12.5 Å². The van der Waals surface area contributed by atoms with Crippen molar-refractivity contribution in [3.05, 3.63) is 41.6 Å². The molecule has 2 N–H and O–H groups in total. The number of carbonyl (C=O) groups excluding carboxylic acids is 1. The Morgan fingerprint density at radius 2 is 2.05 bits per heavy atom. The summed E-state index contributed by atoms with van der Waals surface area (Å²) in [5.74, 6) is 0.827. The maximum Gasteiger partial charge on any atom is 0.263 e. The summed E-state index contributed by atoms with van der Waals surface area (Å²) in [4.78, 5) is 11.9. The number of rotatable bonds is 7. The Morgan fingerprint density at radius 3 is 2.57 bits per heavy atom. The van der Waals surface area contributed by atoms with Gasteiger partial charge in [-0.3, -0.25) is 4.79 Å². The molecule has 5 nitrogen and oxygen atoms in total. The molecule has 5 heteroatoms. The molecule has 0 radical (unpaired) electrons. The molecule has 0 aromatic heterocycles. The van der Waals surface area contributed by atoms with Gasteiger partial charge in [-0.15, -0.1) is 0 Å². The topological polar surface area (TPSA) is 74.1 Å². The molecule has 1 aromatic carbocycles. The van der Waals surface area contributed by atoms with Gasteiger partial charge in [0, 0.05) is 19.3 Å². The minimum atomic E-state index is -0.385. The molecular formula is C16H21N3O2. The van der Waals surface area contributed by atoms with Crippen molar-refractivity contribution in [3.8, 4) is 11.8 Å². The van der Waals surface area contributed by atoms with Crippen LogP contribution in [0, 0.1) is 17.2 Å². The summed E-state index contributed by atoms with van der Waals surface area (Å²) in [6, 6.07) is 9.28. The third-order valence-electron chi connectivity index (χ3n) is 2.75. The molecule has 0 spiro atoms. The van der Waals surface area contributed by atoms with E-state index in [1.54, 1.807) is 7.11 Å². The summed E-state index contributed by atoms with van der Waals surface area (Å²) >= 11 is 0. The van der Waals surface area contributed by atoms with E-state index in [1.807, 2.05) is 30.3 Å². The number of ether oxygens (including phenoxy) is 1. The normalized spacial score (nSPS) is 10.9. The lowest BCUT2D eigenvalue weighted by molar-refractivity contribution is -0.117. The van der Waals surface area contributed by atoms with Crippen LogP contribution in [0.25, 0.3) is 0 Å². The summed E-state index contributed by atoms with van der Waals surface area (Å²) in [5, 5.41) is 14.7. The first-order chi connectivity index (χ1) is 10.1. The van der Waals surface area contributed by atoms with Crippen molar-refractivity contribution in [2.45, 2.75) is 20.4 Å². The van der Waals surface area contributed by atoms with E-state index in [9.17, 15) is 4.79 Å². The number of benzene rings is 1. The molecule has 0 aliphatic carbocycles. The van der Waals surface area contributed by atoms with E-state index in [1.165, 1.54) is 6.20 Å². The lowest BCUT2D eigenvalue weighted by Crippen LogP contribution is -2.25. The predicted molar refractivity (Wildman–Crippen MR) is 81.4 cm³/mol. The number of amides is 1. The van der Waals surface area contributed by atoms with Crippen LogP contribution < -0.4 is 15.4 Å². The molecule has 1 amide bonds. The zero-order chi connectivity index (χ0) is 15.7. The number of nitrogens with zero attached hydrogens (tertiary/aromatic N) is 1. The van der Waals surface area contributed by atoms with Gasteiger partial charge in [-0.1, -0.05) is 26.0 Å². The maximum atomic E-state index is 11.9. The Balaban J connectivity index is 2.52. The van der Waals surface area contributed by atoms with Gasteiger partial charge in [0.1, 0.15) is 17.4 Å². The quantitative estimate of drug-likeness (QED) is 0.594. The highest BCUT2D eigenvalue weighted by Crippen LogP contribution is 2.11. The zero-order valence-electron chi connectivity index (χ0n) is 12.6. The zero-order valence-corrected chi connectivity index (χ0v) is 12.6. The van der Waals surface area contributed by atoms with Crippen LogP contribution in [-0.2, 0) is 11.3 Å². The van der Waals surface area contributed by atoms with Crippen molar-refractivity contribution in [3.63, 3.8) is 0 Å². The van der Waals surface area contributed by atoms with E-state index in [4.69, 9.17) is 10.00 Å². The summed E-state index contributed by atoms with van der Waals surface area (Å²) in [7, 11) is 1.60. The van der Waals surface area contributed by atoms with Crippen molar-refractivity contribution in [2.24, 2.45) is 5.92 Å². The third-order valence-corrected chi connectivity index (χ3v) is 2.75. The SMILES string of the molecule is COc1ccc(CNC(=O)/C(C#N)=C\NCC(C)C)cc1. The van der Waals surface area contributed by atoms with Crippen LogP contribution in [0.1, 0.15) is 19.4 Å². The molecule has 112 valence electrons. The fraction of sp³-hybridized carbons (Fsp3) is 0.375. The van der Waals surface area contributed by atoms with E-state index in [2.05, 4.69) is 24.5 Å². The van der Waals surface area contributed by atoms with Gasteiger partial charge in [-0.2, -0.15) is 5.26 Å². The Hall–Kier alpha value is -2.48. The fourth-order valence-corrected chi connectivity index (χ4v) is 1.57. The minimum absolute atomic E-state index is 0.0733. The van der Waals surface area contributed by atoms with Gasteiger partial charge in [0.05, 0.1) is 7.11 Å². The summed E-state index contributed by atoms with van der Waals surface area (Å²) in [5.41, 5.74) is 1.01. The average Bonchev–Trinajstić information content (AvgIpc) is 2.49. The fourth-order valence-electron chi connectivity index (χ4n) is 1.57. The second-order valence-corrected chi connectivity index (χ2v) is 5.00. The van der Waals surface area contributed by atoms with Crippen LogP contribution in [0.4, 0.5) is 0 Å². The van der Waals surface area contributed by atoms with Crippen LogP contribution in [0.3, 0.4) is 0 Å². The molecule has 0 heterocycles. The van der Waals surface area contributed by atoms with Crippen molar-refractivity contribution in [2.75, 3.05) is 13.7 Å². The van der Waals surface area contributed by atoms with Crippen LogP contribution in [0.2, 0.25) is 0 Å². The number of methoxy groups -OCH3 is 1. The van der Waals surface area contributed by atoms with Crippen molar-refractivity contribution in [1.82, 2.24) is 10.6 Å². The molecule has 1 rings (SSSR count). The Bertz CT molecular complexity index is 527. The first kappa shape index (κ1) is 16.6. The van der Waals surface area contributed by atoms with E-state index >= 15 is 0 Å².